The second kappa shape index (κ2) is 7.08. The Morgan fingerprint density at radius 2 is 1.84 bits per heavy atom. The Bertz CT molecular complexity index is 875. The largest absolute Gasteiger partial charge is 0.453 e. The van der Waals surface area contributed by atoms with Crippen molar-refractivity contribution in [3.05, 3.63) is 78.1 Å². The molecule has 3 nitrogen and oxygen atoms in total. The van der Waals surface area contributed by atoms with Crippen LogP contribution in [-0.2, 0) is 0 Å². The van der Waals surface area contributed by atoms with Gasteiger partial charge in [-0.15, -0.1) is 0 Å². The highest BCUT2D eigenvalue weighted by Crippen LogP contribution is 2.23. The number of carbonyl (C=O) groups excluding carboxylic acids is 1. The van der Waals surface area contributed by atoms with Crippen molar-refractivity contribution in [2.45, 2.75) is 12.8 Å². The van der Waals surface area contributed by atoms with Gasteiger partial charge < -0.3 is 4.42 Å². The van der Waals surface area contributed by atoms with Gasteiger partial charge in [-0.25, -0.2) is 0 Å². The predicted molar refractivity (Wildman–Crippen MR) is 101 cm³/mol. The van der Waals surface area contributed by atoms with Gasteiger partial charge in [-0.2, -0.15) is 0 Å². The van der Waals surface area contributed by atoms with E-state index in [1.807, 2.05) is 36.4 Å². The lowest BCUT2D eigenvalue weighted by Gasteiger charge is -2.26. The first-order chi connectivity index (χ1) is 12.3. The van der Waals surface area contributed by atoms with E-state index in [0.29, 0.717) is 12.2 Å². The Balaban J connectivity index is 1.34. The fourth-order valence-corrected chi connectivity index (χ4v) is 3.33. The van der Waals surface area contributed by atoms with Crippen molar-refractivity contribution in [2.75, 3.05) is 19.6 Å². The molecule has 0 atom stereocenters. The van der Waals surface area contributed by atoms with Gasteiger partial charge in [0.05, 0.1) is 0 Å². The summed E-state index contributed by atoms with van der Waals surface area (Å²) in [5, 5.41) is 0.985. The molecule has 0 amide bonds. The van der Waals surface area contributed by atoms with Crippen LogP contribution >= 0.6 is 0 Å². The van der Waals surface area contributed by atoms with Crippen LogP contribution in [0.25, 0.3) is 16.5 Å². The molecule has 25 heavy (non-hydrogen) atoms. The molecular formula is C22H21NO2. The van der Waals surface area contributed by atoms with Gasteiger partial charge in [-0.05, 0) is 29.7 Å². The third kappa shape index (κ3) is 3.57. The molecule has 0 bridgehead atoms. The molecule has 126 valence electrons. The van der Waals surface area contributed by atoms with E-state index in [0.717, 1.165) is 37.0 Å². The van der Waals surface area contributed by atoms with Gasteiger partial charge in [0.2, 0.25) is 0 Å². The molecule has 0 saturated carbocycles. The SMILES string of the molecule is O=C(CCN1CC=C(c2ccccc2)CC1)c1cc2ccccc2o1. The minimum Gasteiger partial charge on any atom is -0.453 e. The fourth-order valence-electron chi connectivity index (χ4n) is 3.33. The summed E-state index contributed by atoms with van der Waals surface area (Å²) < 4.78 is 5.66. The average Bonchev–Trinajstić information content (AvgIpc) is 3.11. The van der Waals surface area contributed by atoms with E-state index < -0.39 is 0 Å². The van der Waals surface area contributed by atoms with E-state index in [4.69, 9.17) is 4.42 Å². The first kappa shape index (κ1) is 15.9. The highest BCUT2D eigenvalue weighted by Gasteiger charge is 2.16. The van der Waals surface area contributed by atoms with Crippen LogP contribution in [0.3, 0.4) is 0 Å². The van der Waals surface area contributed by atoms with Crippen molar-refractivity contribution in [1.29, 1.82) is 0 Å². The summed E-state index contributed by atoms with van der Waals surface area (Å²) in [7, 11) is 0. The lowest BCUT2D eigenvalue weighted by molar-refractivity contribution is 0.0941. The molecule has 0 aliphatic carbocycles. The second-order valence-corrected chi connectivity index (χ2v) is 6.47. The molecule has 0 fully saturated rings. The summed E-state index contributed by atoms with van der Waals surface area (Å²) in [6.07, 6.45) is 3.81. The van der Waals surface area contributed by atoms with Crippen LogP contribution in [0.5, 0.6) is 0 Å². The van der Waals surface area contributed by atoms with Gasteiger partial charge in [0.15, 0.2) is 11.5 Å². The number of nitrogens with zero attached hydrogens (tertiary/aromatic N) is 1. The fraction of sp³-hybridized carbons (Fsp3) is 0.227. The minimum absolute atomic E-state index is 0.0778. The minimum atomic E-state index is 0.0778. The summed E-state index contributed by atoms with van der Waals surface area (Å²) in [5.41, 5.74) is 3.49. The normalized spacial score (nSPS) is 15.3. The van der Waals surface area contributed by atoms with Crippen LogP contribution in [-0.4, -0.2) is 30.3 Å². The third-order valence-electron chi connectivity index (χ3n) is 4.79. The Kier molecular flexibility index (Phi) is 4.49. The number of para-hydroxylation sites is 1. The maximum atomic E-state index is 12.4. The number of hydrogen-bond donors (Lipinski definition) is 0. The van der Waals surface area contributed by atoms with Crippen molar-refractivity contribution in [3.8, 4) is 0 Å². The van der Waals surface area contributed by atoms with Gasteiger partial charge in [0.1, 0.15) is 5.58 Å². The Morgan fingerprint density at radius 1 is 1.04 bits per heavy atom. The summed E-state index contributed by atoms with van der Waals surface area (Å²) in [4.78, 5) is 14.7. The molecule has 3 heteroatoms. The zero-order valence-electron chi connectivity index (χ0n) is 14.2. The van der Waals surface area contributed by atoms with Gasteiger partial charge in [-0.1, -0.05) is 54.6 Å². The van der Waals surface area contributed by atoms with Crippen molar-refractivity contribution >= 4 is 22.3 Å². The summed E-state index contributed by atoms with van der Waals surface area (Å²) in [6.45, 7) is 2.67. The number of hydrogen-bond acceptors (Lipinski definition) is 3. The molecule has 1 aromatic heterocycles. The van der Waals surface area contributed by atoms with Crippen molar-refractivity contribution < 1.29 is 9.21 Å². The lowest BCUT2D eigenvalue weighted by atomic mass is 9.99. The van der Waals surface area contributed by atoms with Crippen molar-refractivity contribution in [3.63, 3.8) is 0 Å². The van der Waals surface area contributed by atoms with Gasteiger partial charge in [0, 0.05) is 31.4 Å². The Morgan fingerprint density at radius 3 is 2.60 bits per heavy atom. The zero-order valence-corrected chi connectivity index (χ0v) is 14.2. The van der Waals surface area contributed by atoms with Gasteiger partial charge in [0.25, 0.3) is 0 Å². The molecule has 0 radical (unpaired) electrons. The summed E-state index contributed by atoms with van der Waals surface area (Å²) in [5.74, 6) is 0.549. The van der Waals surface area contributed by atoms with E-state index >= 15 is 0 Å². The molecule has 0 unspecified atom stereocenters. The van der Waals surface area contributed by atoms with E-state index in [-0.39, 0.29) is 5.78 Å². The van der Waals surface area contributed by atoms with E-state index in [1.54, 1.807) is 0 Å². The number of Topliss-reactive ketones (excluding diaryl/α,β-unsaturated/α-hetero) is 1. The predicted octanol–water partition coefficient (Wildman–Crippen LogP) is 4.79. The molecule has 1 aliphatic rings. The molecule has 2 heterocycles. The van der Waals surface area contributed by atoms with Crippen LogP contribution in [0.15, 0.2) is 71.2 Å². The van der Waals surface area contributed by atoms with Gasteiger partial charge >= 0.3 is 0 Å². The quantitative estimate of drug-likeness (QED) is 0.630. The average molecular weight is 331 g/mol. The standard InChI is InChI=1S/C22H21NO2/c24-20(22-16-19-8-4-5-9-21(19)25-22)12-15-23-13-10-18(11-14-23)17-6-2-1-3-7-17/h1-10,16H,11-15H2. The number of furan rings is 1. The zero-order chi connectivity index (χ0) is 17.1. The van der Waals surface area contributed by atoms with Crippen molar-refractivity contribution in [2.24, 2.45) is 0 Å². The molecule has 4 rings (SSSR count). The summed E-state index contributed by atoms with van der Waals surface area (Å²) in [6, 6.07) is 20.1. The van der Waals surface area contributed by atoms with Gasteiger partial charge in [-0.3, -0.25) is 9.69 Å². The Hall–Kier alpha value is -2.65. The van der Waals surface area contributed by atoms with E-state index in [9.17, 15) is 4.79 Å². The first-order valence-corrected chi connectivity index (χ1v) is 8.78. The highest BCUT2D eigenvalue weighted by atomic mass is 16.3. The highest BCUT2D eigenvalue weighted by molar-refractivity contribution is 5.97. The molecule has 0 N–H and O–H groups in total. The van der Waals surface area contributed by atoms with Crippen LogP contribution in [0.1, 0.15) is 29.0 Å². The third-order valence-corrected chi connectivity index (χ3v) is 4.79. The molecule has 2 aromatic carbocycles. The number of rotatable bonds is 5. The molecule has 3 aromatic rings. The second-order valence-electron chi connectivity index (χ2n) is 6.47. The molecule has 0 saturated heterocycles. The molecular weight excluding hydrogens is 310 g/mol. The number of fused-ring (bicyclic) bond motifs is 1. The lowest BCUT2D eigenvalue weighted by Crippen LogP contribution is -2.30. The topological polar surface area (TPSA) is 33.5 Å². The number of benzene rings is 2. The van der Waals surface area contributed by atoms with E-state index in [2.05, 4.69) is 35.2 Å². The van der Waals surface area contributed by atoms with Crippen LogP contribution in [0.2, 0.25) is 0 Å². The van der Waals surface area contributed by atoms with E-state index in [1.165, 1.54) is 11.1 Å². The molecule has 1 aliphatic heterocycles. The number of carbonyl (C=O) groups is 1. The molecule has 0 spiro atoms. The van der Waals surface area contributed by atoms with Crippen molar-refractivity contribution in [1.82, 2.24) is 4.90 Å². The Labute approximate surface area is 147 Å². The smallest absolute Gasteiger partial charge is 0.199 e. The summed E-state index contributed by atoms with van der Waals surface area (Å²) >= 11 is 0. The monoisotopic (exact) mass is 331 g/mol. The van der Waals surface area contributed by atoms with Crippen LogP contribution in [0.4, 0.5) is 0 Å². The number of ketones is 1. The maximum absolute atomic E-state index is 12.4. The maximum Gasteiger partial charge on any atom is 0.199 e. The van der Waals surface area contributed by atoms with Crippen LogP contribution in [0, 0.1) is 0 Å². The first-order valence-electron chi connectivity index (χ1n) is 8.78. The van der Waals surface area contributed by atoms with Crippen LogP contribution < -0.4 is 0 Å².